The predicted octanol–water partition coefficient (Wildman–Crippen LogP) is 1.21. The van der Waals surface area contributed by atoms with E-state index in [4.69, 9.17) is 10.5 Å². The summed E-state index contributed by atoms with van der Waals surface area (Å²) in [5.74, 6) is 0.687. The fraction of sp³-hybridized carbons (Fsp3) is 0.700. The first-order chi connectivity index (χ1) is 7.61. The molecule has 0 amide bonds. The summed E-state index contributed by atoms with van der Waals surface area (Å²) in [6, 6.07) is 0.293. The summed E-state index contributed by atoms with van der Waals surface area (Å²) in [7, 11) is 0. The number of nitrogens with one attached hydrogen (secondary N) is 1. The van der Waals surface area contributed by atoms with Crippen LogP contribution in [0.4, 0.5) is 11.9 Å². The number of nitrogen functional groups attached to an aromatic ring is 1. The number of rotatable bonds is 5. The number of anilines is 2. The fourth-order valence-electron chi connectivity index (χ4n) is 1.27. The van der Waals surface area contributed by atoms with Gasteiger partial charge >= 0.3 is 6.01 Å². The summed E-state index contributed by atoms with van der Waals surface area (Å²) >= 11 is 0. The van der Waals surface area contributed by atoms with Gasteiger partial charge in [0.05, 0.1) is 6.61 Å². The maximum atomic E-state index is 5.59. The third-order valence-corrected chi connectivity index (χ3v) is 2.48. The van der Waals surface area contributed by atoms with Gasteiger partial charge in [0, 0.05) is 5.54 Å². The number of ether oxygens (including phenoxy) is 1. The van der Waals surface area contributed by atoms with Crippen molar-refractivity contribution in [2.45, 2.75) is 38.6 Å². The summed E-state index contributed by atoms with van der Waals surface area (Å²) < 4.78 is 5.33. The van der Waals surface area contributed by atoms with Gasteiger partial charge in [-0.15, -0.1) is 0 Å². The first-order valence-corrected chi connectivity index (χ1v) is 5.54. The molecule has 6 heteroatoms. The minimum Gasteiger partial charge on any atom is -0.463 e. The van der Waals surface area contributed by atoms with Crippen LogP contribution in [0, 0.1) is 0 Å². The highest BCUT2D eigenvalue weighted by atomic mass is 16.5. The van der Waals surface area contributed by atoms with Gasteiger partial charge in [0.1, 0.15) is 0 Å². The van der Waals surface area contributed by atoms with Crippen molar-refractivity contribution in [3.63, 3.8) is 0 Å². The van der Waals surface area contributed by atoms with Gasteiger partial charge in [-0.25, -0.2) is 0 Å². The van der Waals surface area contributed by atoms with Crippen molar-refractivity contribution in [3.8, 4) is 6.01 Å². The molecule has 1 fully saturated rings. The van der Waals surface area contributed by atoms with Gasteiger partial charge in [0.25, 0.3) is 0 Å². The van der Waals surface area contributed by atoms with Crippen LogP contribution in [0.15, 0.2) is 0 Å². The molecule has 0 aliphatic heterocycles. The van der Waals surface area contributed by atoms with E-state index in [1.807, 2.05) is 6.92 Å². The van der Waals surface area contributed by atoms with E-state index in [9.17, 15) is 0 Å². The van der Waals surface area contributed by atoms with Crippen molar-refractivity contribution in [1.82, 2.24) is 15.0 Å². The average Bonchev–Trinajstić information content (AvgIpc) is 2.92. The van der Waals surface area contributed by atoms with Crippen LogP contribution >= 0.6 is 0 Å². The first kappa shape index (κ1) is 10.9. The molecule has 88 valence electrons. The van der Waals surface area contributed by atoms with E-state index in [2.05, 4.69) is 27.2 Å². The van der Waals surface area contributed by atoms with Gasteiger partial charge < -0.3 is 15.8 Å². The number of aromatic nitrogens is 3. The highest BCUT2D eigenvalue weighted by molar-refractivity contribution is 5.37. The van der Waals surface area contributed by atoms with Crippen LogP contribution in [0.2, 0.25) is 0 Å². The molecule has 16 heavy (non-hydrogen) atoms. The van der Waals surface area contributed by atoms with Crippen LogP contribution < -0.4 is 15.8 Å². The molecule has 1 heterocycles. The zero-order valence-electron chi connectivity index (χ0n) is 9.66. The normalized spacial score (nSPS) is 16.9. The standard InChI is InChI=1S/C10H17N5O/c1-3-6-16-9-13-7(11)12-8(14-9)15-10(2)4-5-10/h3-6H2,1-2H3,(H3,11,12,13,14,15). The zero-order valence-corrected chi connectivity index (χ0v) is 9.66. The van der Waals surface area contributed by atoms with Crippen molar-refractivity contribution < 1.29 is 4.74 Å². The molecule has 1 aliphatic rings. The summed E-state index contributed by atoms with van der Waals surface area (Å²) in [6.45, 7) is 4.73. The van der Waals surface area contributed by atoms with Crippen molar-refractivity contribution >= 4 is 11.9 Å². The highest BCUT2D eigenvalue weighted by Gasteiger charge is 2.38. The molecule has 0 saturated heterocycles. The highest BCUT2D eigenvalue weighted by Crippen LogP contribution is 2.37. The lowest BCUT2D eigenvalue weighted by atomic mass is 10.3. The third-order valence-electron chi connectivity index (χ3n) is 2.48. The van der Waals surface area contributed by atoms with Crippen molar-refractivity contribution in [2.24, 2.45) is 0 Å². The average molecular weight is 223 g/mol. The van der Waals surface area contributed by atoms with Crippen molar-refractivity contribution in [1.29, 1.82) is 0 Å². The Hall–Kier alpha value is -1.59. The Morgan fingerprint density at radius 2 is 2.12 bits per heavy atom. The predicted molar refractivity (Wildman–Crippen MR) is 61.3 cm³/mol. The molecule has 0 bridgehead atoms. The Morgan fingerprint density at radius 3 is 2.75 bits per heavy atom. The monoisotopic (exact) mass is 223 g/mol. The van der Waals surface area contributed by atoms with Gasteiger partial charge in [0.2, 0.25) is 11.9 Å². The lowest BCUT2D eigenvalue weighted by Gasteiger charge is -2.12. The zero-order chi connectivity index (χ0) is 11.6. The summed E-state index contributed by atoms with van der Waals surface area (Å²) in [5, 5.41) is 3.23. The lowest BCUT2D eigenvalue weighted by molar-refractivity contribution is 0.292. The molecule has 0 spiro atoms. The SMILES string of the molecule is CCCOc1nc(N)nc(NC2(C)CC2)n1. The van der Waals surface area contributed by atoms with E-state index in [1.54, 1.807) is 0 Å². The molecule has 0 unspecified atom stereocenters. The molecule has 6 nitrogen and oxygen atoms in total. The minimum absolute atomic E-state index is 0.121. The summed E-state index contributed by atoms with van der Waals surface area (Å²) in [4.78, 5) is 12.1. The van der Waals surface area contributed by atoms with Crippen molar-refractivity contribution in [3.05, 3.63) is 0 Å². The molecule has 0 aromatic carbocycles. The maximum absolute atomic E-state index is 5.59. The minimum atomic E-state index is 0.121. The van der Waals surface area contributed by atoms with Crippen LogP contribution in [0.5, 0.6) is 6.01 Å². The smallest absolute Gasteiger partial charge is 0.323 e. The second-order valence-electron chi connectivity index (χ2n) is 4.33. The van der Waals surface area contributed by atoms with Crippen LogP contribution in [-0.2, 0) is 0 Å². The fourth-order valence-corrected chi connectivity index (χ4v) is 1.27. The molecule has 1 aromatic heterocycles. The van der Waals surface area contributed by atoms with Crippen molar-refractivity contribution in [2.75, 3.05) is 17.7 Å². The Balaban J connectivity index is 2.08. The second kappa shape index (κ2) is 4.11. The van der Waals surface area contributed by atoms with Crippen LogP contribution in [0.1, 0.15) is 33.1 Å². The molecule has 1 saturated carbocycles. The van der Waals surface area contributed by atoms with E-state index < -0.39 is 0 Å². The Kier molecular flexibility index (Phi) is 2.80. The first-order valence-electron chi connectivity index (χ1n) is 5.54. The summed E-state index contributed by atoms with van der Waals surface area (Å²) in [5.41, 5.74) is 5.71. The number of hydrogen-bond donors (Lipinski definition) is 2. The molecule has 0 radical (unpaired) electrons. The summed E-state index contributed by atoms with van der Waals surface area (Å²) in [6.07, 6.45) is 3.17. The molecule has 0 atom stereocenters. The molecular formula is C10H17N5O. The maximum Gasteiger partial charge on any atom is 0.323 e. The van der Waals surface area contributed by atoms with Gasteiger partial charge in [0.15, 0.2) is 0 Å². The molecule has 2 rings (SSSR count). The third kappa shape index (κ3) is 2.71. The van der Waals surface area contributed by atoms with Gasteiger partial charge in [-0.3, -0.25) is 0 Å². The van der Waals surface area contributed by atoms with Gasteiger partial charge in [-0.2, -0.15) is 15.0 Å². The lowest BCUT2D eigenvalue weighted by Crippen LogP contribution is -2.19. The van der Waals surface area contributed by atoms with E-state index in [0.29, 0.717) is 18.6 Å². The van der Waals surface area contributed by atoms with Gasteiger partial charge in [-0.1, -0.05) is 6.92 Å². The Bertz CT molecular complexity index is 377. The molecular weight excluding hydrogens is 206 g/mol. The largest absolute Gasteiger partial charge is 0.463 e. The topological polar surface area (TPSA) is 86.0 Å². The van der Waals surface area contributed by atoms with E-state index >= 15 is 0 Å². The van der Waals surface area contributed by atoms with E-state index in [-0.39, 0.29) is 11.5 Å². The van der Waals surface area contributed by atoms with Crippen LogP contribution in [-0.4, -0.2) is 27.1 Å². The number of nitrogens with two attached hydrogens (primary N) is 1. The van der Waals surface area contributed by atoms with E-state index in [1.165, 1.54) is 0 Å². The van der Waals surface area contributed by atoms with Crippen LogP contribution in [0.3, 0.4) is 0 Å². The second-order valence-corrected chi connectivity index (χ2v) is 4.33. The number of nitrogens with zero attached hydrogens (tertiary/aromatic N) is 3. The van der Waals surface area contributed by atoms with Gasteiger partial charge in [-0.05, 0) is 26.2 Å². The van der Waals surface area contributed by atoms with Crippen LogP contribution in [0.25, 0.3) is 0 Å². The molecule has 1 aromatic rings. The quantitative estimate of drug-likeness (QED) is 0.780. The van der Waals surface area contributed by atoms with E-state index in [0.717, 1.165) is 19.3 Å². The number of hydrogen-bond acceptors (Lipinski definition) is 6. The molecule has 1 aliphatic carbocycles. The Labute approximate surface area is 94.6 Å². The molecule has 3 N–H and O–H groups in total. The Morgan fingerprint density at radius 1 is 1.38 bits per heavy atom.